The molecule has 4 unspecified atom stereocenters. The summed E-state index contributed by atoms with van der Waals surface area (Å²) in [4.78, 5) is 2.73. The van der Waals surface area contributed by atoms with E-state index in [1.54, 1.807) is 0 Å². The fourth-order valence-corrected chi connectivity index (χ4v) is 3.93. The molecule has 0 aliphatic carbocycles. The van der Waals surface area contributed by atoms with Crippen molar-refractivity contribution in [2.75, 3.05) is 24.6 Å². The lowest BCUT2D eigenvalue weighted by atomic mass is 9.86. The van der Waals surface area contributed by atoms with Gasteiger partial charge in [0.15, 0.2) is 0 Å². The molecule has 1 fully saturated rings. The second-order valence-corrected chi connectivity index (χ2v) is 7.02. The van der Waals surface area contributed by atoms with Crippen molar-refractivity contribution >= 4 is 11.8 Å². The predicted molar refractivity (Wildman–Crippen MR) is 84.5 cm³/mol. The molecular weight excluding hydrogens is 240 g/mol. The molecule has 1 rings (SSSR count). The zero-order chi connectivity index (χ0) is 13.5. The van der Waals surface area contributed by atoms with Gasteiger partial charge in [-0.15, -0.1) is 0 Å². The van der Waals surface area contributed by atoms with E-state index in [4.69, 9.17) is 0 Å². The van der Waals surface area contributed by atoms with Gasteiger partial charge in [-0.25, -0.2) is 0 Å². The van der Waals surface area contributed by atoms with E-state index in [0.29, 0.717) is 6.04 Å². The zero-order valence-corrected chi connectivity index (χ0v) is 13.7. The average Bonchev–Trinajstić information content (AvgIpc) is 2.35. The normalized spacial score (nSPS) is 31.5. The molecule has 1 saturated heterocycles. The number of hydrogen-bond donors (Lipinski definition) is 1. The zero-order valence-electron chi connectivity index (χ0n) is 12.9. The van der Waals surface area contributed by atoms with Gasteiger partial charge in [0, 0.05) is 24.7 Å². The van der Waals surface area contributed by atoms with Crippen molar-refractivity contribution in [3.05, 3.63) is 0 Å². The third kappa shape index (κ3) is 4.43. The molecule has 0 bridgehead atoms. The van der Waals surface area contributed by atoms with Crippen molar-refractivity contribution in [2.24, 2.45) is 5.92 Å². The van der Waals surface area contributed by atoms with Crippen molar-refractivity contribution < 1.29 is 0 Å². The summed E-state index contributed by atoms with van der Waals surface area (Å²) in [6, 6.07) is 2.17. The van der Waals surface area contributed by atoms with Crippen molar-refractivity contribution in [1.82, 2.24) is 10.2 Å². The van der Waals surface area contributed by atoms with Crippen LogP contribution in [0.5, 0.6) is 0 Å². The lowest BCUT2D eigenvalue weighted by molar-refractivity contribution is 0.0524. The molecule has 0 spiro atoms. The van der Waals surface area contributed by atoms with Crippen LogP contribution in [0.2, 0.25) is 0 Å². The largest absolute Gasteiger partial charge is 0.314 e. The molecule has 0 radical (unpaired) electrons. The van der Waals surface area contributed by atoms with Crippen LogP contribution in [-0.4, -0.2) is 47.6 Å². The van der Waals surface area contributed by atoms with Crippen LogP contribution in [0, 0.1) is 5.92 Å². The van der Waals surface area contributed by atoms with Crippen LogP contribution in [-0.2, 0) is 0 Å². The molecule has 1 heterocycles. The second kappa shape index (κ2) is 8.44. The van der Waals surface area contributed by atoms with Gasteiger partial charge in [-0.1, -0.05) is 20.8 Å². The Hall–Kier alpha value is 0.270. The molecule has 3 heteroatoms. The van der Waals surface area contributed by atoms with Gasteiger partial charge >= 0.3 is 0 Å². The van der Waals surface area contributed by atoms with E-state index in [1.165, 1.54) is 30.9 Å². The van der Waals surface area contributed by atoms with Gasteiger partial charge in [-0.05, 0) is 50.7 Å². The quantitative estimate of drug-likeness (QED) is 0.716. The van der Waals surface area contributed by atoms with E-state index in [2.05, 4.69) is 56.6 Å². The number of thioether (sulfide) groups is 1. The molecule has 4 atom stereocenters. The van der Waals surface area contributed by atoms with Gasteiger partial charge in [0.1, 0.15) is 0 Å². The summed E-state index contributed by atoms with van der Waals surface area (Å²) in [5.41, 5.74) is 0. The van der Waals surface area contributed by atoms with Gasteiger partial charge in [-0.3, -0.25) is 4.90 Å². The Morgan fingerprint density at radius 3 is 2.67 bits per heavy atom. The lowest BCUT2D eigenvalue weighted by Crippen LogP contribution is -2.55. The minimum atomic E-state index is 0.712. The summed E-state index contributed by atoms with van der Waals surface area (Å²) >= 11 is 2.07. The SMILES string of the molecule is CCNC1CCN(C(C)CCSCC)C(C)C1C. The maximum Gasteiger partial charge on any atom is 0.0120 e. The highest BCUT2D eigenvalue weighted by atomic mass is 32.2. The Balaban J connectivity index is 2.43. The molecule has 108 valence electrons. The van der Waals surface area contributed by atoms with Crippen molar-refractivity contribution in [2.45, 2.75) is 65.6 Å². The van der Waals surface area contributed by atoms with Crippen LogP contribution in [0.25, 0.3) is 0 Å². The molecule has 1 aliphatic heterocycles. The first kappa shape index (κ1) is 16.3. The van der Waals surface area contributed by atoms with Gasteiger partial charge in [0.2, 0.25) is 0 Å². The van der Waals surface area contributed by atoms with Gasteiger partial charge in [0.25, 0.3) is 0 Å². The Bertz CT molecular complexity index is 223. The topological polar surface area (TPSA) is 15.3 Å². The van der Waals surface area contributed by atoms with Crippen molar-refractivity contribution in [3.63, 3.8) is 0 Å². The van der Waals surface area contributed by atoms with E-state index < -0.39 is 0 Å². The number of piperidine rings is 1. The first-order valence-corrected chi connectivity index (χ1v) is 8.84. The Labute approximate surface area is 118 Å². The average molecular weight is 273 g/mol. The maximum absolute atomic E-state index is 3.65. The highest BCUT2D eigenvalue weighted by Crippen LogP contribution is 2.26. The van der Waals surface area contributed by atoms with Gasteiger partial charge < -0.3 is 5.32 Å². The maximum atomic E-state index is 3.65. The van der Waals surface area contributed by atoms with Crippen LogP contribution < -0.4 is 5.32 Å². The number of rotatable bonds is 7. The molecule has 18 heavy (non-hydrogen) atoms. The Morgan fingerprint density at radius 1 is 1.33 bits per heavy atom. The van der Waals surface area contributed by atoms with E-state index >= 15 is 0 Å². The third-order valence-corrected chi connectivity index (χ3v) is 5.47. The smallest absolute Gasteiger partial charge is 0.0120 e. The summed E-state index contributed by atoms with van der Waals surface area (Å²) in [6.07, 6.45) is 2.64. The van der Waals surface area contributed by atoms with Gasteiger partial charge in [0.05, 0.1) is 0 Å². The molecule has 2 nitrogen and oxygen atoms in total. The molecule has 0 saturated carbocycles. The summed E-state index contributed by atoms with van der Waals surface area (Å²) in [6.45, 7) is 14.1. The summed E-state index contributed by atoms with van der Waals surface area (Å²) < 4.78 is 0. The van der Waals surface area contributed by atoms with Crippen LogP contribution >= 0.6 is 11.8 Å². The summed E-state index contributed by atoms with van der Waals surface area (Å²) in [5.74, 6) is 3.33. The highest BCUT2D eigenvalue weighted by Gasteiger charge is 2.33. The molecule has 0 aromatic heterocycles. The van der Waals surface area contributed by atoms with E-state index in [-0.39, 0.29) is 0 Å². The number of hydrogen-bond acceptors (Lipinski definition) is 3. The van der Waals surface area contributed by atoms with Crippen LogP contribution in [0.15, 0.2) is 0 Å². The first-order chi connectivity index (χ1) is 8.61. The molecule has 0 aromatic rings. The van der Waals surface area contributed by atoms with E-state index in [9.17, 15) is 0 Å². The highest BCUT2D eigenvalue weighted by molar-refractivity contribution is 7.99. The predicted octanol–water partition coefficient (Wildman–Crippen LogP) is 3.23. The lowest BCUT2D eigenvalue weighted by Gasteiger charge is -2.46. The Kier molecular flexibility index (Phi) is 7.66. The third-order valence-electron chi connectivity index (χ3n) is 4.53. The second-order valence-electron chi connectivity index (χ2n) is 5.63. The van der Waals surface area contributed by atoms with Crippen LogP contribution in [0.3, 0.4) is 0 Å². The first-order valence-electron chi connectivity index (χ1n) is 7.68. The summed E-state index contributed by atoms with van der Waals surface area (Å²) in [7, 11) is 0. The summed E-state index contributed by atoms with van der Waals surface area (Å²) in [5, 5.41) is 3.65. The molecule has 0 aromatic carbocycles. The fraction of sp³-hybridized carbons (Fsp3) is 1.00. The number of nitrogens with one attached hydrogen (secondary N) is 1. The molecular formula is C15H32N2S. The van der Waals surface area contributed by atoms with E-state index in [1.807, 2.05) is 0 Å². The van der Waals surface area contributed by atoms with Crippen molar-refractivity contribution in [3.8, 4) is 0 Å². The Morgan fingerprint density at radius 2 is 2.06 bits per heavy atom. The molecule has 1 N–H and O–H groups in total. The van der Waals surface area contributed by atoms with Gasteiger partial charge in [-0.2, -0.15) is 11.8 Å². The number of nitrogens with zero attached hydrogens (tertiary/aromatic N) is 1. The van der Waals surface area contributed by atoms with Crippen molar-refractivity contribution in [1.29, 1.82) is 0 Å². The molecule has 0 amide bonds. The minimum absolute atomic E-state index is 0.712. The minimum Gasteiger partial charge on any atom is -0.314 e. The van der Waals surface area contributed by atoms with E-state index in [0.717, 1.165) is 24.5 Å². The monoisotopic (exact) mass is 272 g/mol. The fourth-order valence-electron chi connectivity index (χ4n) is 3.13. The van der Waals surface area contributed by atoms with Crippen LogP contribution in [0.4, 0.5) is 0 Å². The standard InChI is InChI=1S/C15H32N2S/c1-6-16-15-8-10-17(14(5)13(15)4)12(3)9-11-18-7-2/h12-16H,6-11H2,1-5H3. The molecule has 1 aliphatic rings. The van der Waals surface area contributed by atoms with Crippen LogP contribution in [0.1, 0.15) is 47.5 Å². The number of likely N-dealkylation sites (tertiary alicyclic amines) is 1.